The standard InChI is InChI=1S/C16H18N4O/c1-10(2)5-6-14-19-13(16(21)20-14)8-11-9-18-15-12(11)4-3-7-17-15/h3-4,6-10,19H,5H2,1-2H3,(H,17,18)(H,20,21). The lowest BCUT2D eigenvalue weighted by atomic mass is 10.1. The third-order valence-electron chi connectivity index (χ3n) is 3.34. The van der Waals surface area contributed by atoms with Gasteiger partial charge in [-0.25, -0.2) is 4.98 Å². The number of nitrogens with zero attached hydrogens (tertiary/aromatic N) is 1. The largest absolute Gasteiger partial charge is 0.346 e. The van der Waals surface area contributed by atoms with E-state index in [-0.39, 0.29) is 5.56 Å². The molecule has 3 heterocycles. The highest BCUT2D eigenvalue weighted by atomic mass is 16.1. The zero-order valence-corrected chi connectivity index (χ0v) is 12.1. The van der Waals surface area contributed by atoms with Gasteiger partial charge in [-0.3, -0.25) is 4.79 Å². The van der Waals surface area contributed by atoms with Gasteiger partial charge in [0.1, 0.15) is 16.5 Å². The highest BCUT2D eigenvalue weighted by Gasteiger charge is 2.02. The summed E-state index contributed by atoms with van der Waals surface area (Å²) in [6.07, 6.45) is 8.37. The third kappa shape index (κ3) is 2.81. The summed E-state index contributed by atoms with van der Waals surface area (Å²) < 4.78 is 0. The van der Waals surface area contributed by atoms with E-state index in [0.717, 1.165) is 28.5 Å². The molecule has 5 nitrogen and oxygen atoms in total. The van der Waals surface area contributed by atoms with Crippen LogP contribution in [0.15, 0.2) is 29.3 Å². The summed E-state index contributed by atoms with van der Waals surface area (Å²) in [5, 5.41) is 1.55. The molecular weight excluding hydrogens is 264 g/mol. The summed E-state index contributed by atoms with van der Waals surface area (Å²) in [6, 6.07) is 3.86. The lowest BCUT2D eigenvalue weighted by molar-refractivity contribution is 0.680. The first-order valence-electron chi connectivity index (χ1n) is 7.06. The molecule has 0 aliphatic rings. The van der Waals surface area contributed by atoms with Gasteiger partial charge in [0.25, 0.3) is 5.56 Å². The Balaban J connectivity index is 2.08. The van der Waals surface area contributed by atoms with Crippen LogP contribution in [-0.4, -0.2) is 19.9 Å². The second-order valence-corrected chi connectivity index (χ2v) is 5.53. The first kappa shape index (κ1) is 13.4. The van der Waals surface area contributed by atoms with Crippen molar-refractivity contribution in [3.05, 3.63) is 51.3 Å². The molecule has 0 unspecified atom stereocenters. The highest BCUT2D eigenvalue weighted by Crippen LogP contribution is 2.15. The molecule has 3 aromatic rings. The van der Waals surface area contributed by atoms with Gasteiger partial charge in [-0.15, -0.1) is 0 Å². The Morgan fingerprint density at radius 1 is 1.33 bits per heavy atom. The summed E-state index contributed by atoms with van der Waals surface area (Å²) in [5.74, 6) is 0.559. The summed E-state index contributed by atoms with van der Waals surface area (Å²) in [5.41, 5.74) is 2.42. The SMILES string of the molecule is CC(C)CC=c1[nH]c(=O)c(=Cc2c[nH]c3ncccc23)[nH]1. The number of aromatic amines is 3. The van der Waals surface area contributed by atoms with Crippen LogP contribution in [0, 0.1) is 5.92 Å². The number of H-pyrrole nitrogens is 3. The average molecular weight is 282 g/mol. The second kappa shape index (κ2) is 5.44. The topological polar surface area (TPSA) is 77.3 Å². The molecule has 3 rings (SSSR count). The Bertz CT molecular complexity index is 927. The Labute approximate surface area is 121 Å². The fourth-order valence-electron chi connectivity index (χ4n) is 2.23. The minimum Gasteiger partial charge on any atom is -0.346 e. The number of fused-ring (bicyclic) bond motifs is 1. The summed E-state index contributed by atoms with van der Waals surface area (Å²) in [7, 11) is 0. The molecule has 0 radical (unpaired) electrons. The van der Waals surface area contributed by atoms with Crippen LogP contribution >= 0.6 is 0 Å². The highest BCUT2D eigenvalue weighted by molar-refractivity contribution is 5.85. The number of hydrogen-bond donors (Lipinski definition) is 3. The maximum atomic E-state index is 12.0. The van der Waals surface area contributed by atoms with Crippen molar-refractivity contribution in [3.63, 3.8) is 0 Å². The first-order chi connectivity index (χ1) is 10.1. The molecule has 0 bridgehead atoms. The van der Waals surface area contributed by atoms with E-state index >= 15 is 0 Å². The second-order valence-electron chi connectivity index (χ2n) is 5.53. The van der Waals surface area contributed by atoms with E-state index in [0.29, 0.717) is 11.3 Å². The van der Waals surface area contributed by atoms with Crippen LogP contribution < -0.4 is 16.4 Å². The number of rotatable bonds is 3. The fraction of sp³-hybridized carbons (Fsp3) is 0.250. The first-order valence-corrected chi connectivity index (χ1v) is 7.06. The van der Waals surface area contributed by atoms with Gasteiger partial charge in [-0.2, -0.15) is 0 Å². The van der Waals surface area contributed by atoms with Crippen molar-refractivity contribution in [2.45, 2.75) is 20.3 Å². The van der Waals surface area contributed by atoms with Crippen LogP contribution in [0.5, 0.6) is 0 Å². The molecule has 0 spiro atoms. The molecule has 3 N–H and O–H groups in total. The number of imidazole rings is 1. The normalized spacial score (nSPS) is 13.7. The molecule has 0 aliphatic heterocycles. The van der Waals surface area contributed by atoms with Crippen LogP contribution in [0.4, 0.5) is 0 Å². The van der Waals surface area contributed by atoms with Crippen LogP contribution in [0.25, 0.3) is 23.2 Å². The van der Waals surface area contributed by atoms with Crippen LogP contribution in [0.1, 0.15) is 25.8 Å². The molecule has 0 amide bonds. The van der Waals surface area contributed by atoms with Gasteiger partial charge in [0, 0.05) is 23.3 Å². The zero-order chi connectivity index (χ0) is 14.8. The van der Waals surface area contributed by atoms with Crippen molar-refractivity contribution in [3.8, 4) is 0 Å². The van der Waals surface area contributed by atoms with Gasteiger partial charge < -0.3 is 15.0 Å². The van der Waals surface area contributed by atoms with Crippen LogP contribution in [-0.2, 0) is 0 Å². The van der Waals surface area contributed by atoms with Crippen LogP contribution in [0.2, 0.25) is 0 Å². The summed E-state index contributed by atoms with van der Waals surface area (Å²) >= 11 is 0. The van der Waals surface area contributed by atoms with Crippen molar-refractivity contribution in [2.75, 3.05) is 0 Å². The minimum absolute atomic E-state index is 0.108. The van der Waals surface area contributed by atoms with E-state index < -0.39 is 0 Å². The summed E-state index contributed by atoms with van der Waals surface area (Å²) in [4.78, 5) is 25.3. The maximum absolute atomic E-state index is 12.0. The number of pyridine rings is 1. The van der Waals surface area contributed by atoms with Crippen molar-refractivity contribution in [1.29, 1.82) is 0 Å². The van der Waals surface area contributed by atoms with Gasteiger partial charge in [0.15, 0.2) is 0 Å². The predicted molar refractivity (Wildman–Crippen MR) is 84.2 cm³/mol. The minimum atomic E-state index is -0.108. The number of nitrogens with one attached hydrogen (secondary N) is 3. The maximum Gasteiger partial charge on any atom is 0.273 e. The molecule has 108 valence electrons. The smallest absolute Gasteiger partial charge is 0.273 e. The van der Waals surface area contributed by atoms with E-state index in [4.69, 9.17) is 0 Å². The summed E-state index contributed by atoms with van der Waals surface area (Å²) in [6.45, 7) is 4.28. The van der Waals surface area contributed by atoms with Gasteiger partial charge in [-0.05, 0) is 36.6 Å². The number of hydrogen-bond acceptors (Lipinski definition) is 2. The molecule has 0 saturated heterocycles. The van der Waals surface area contributed by atoms with Crippen molar-refractivity contribution in [2.24, 2.45) is 5.92 Å². The average Bonchev–Trinajstić information content (AvgIpc) is 3.02. The van der Waals surface area contributed by atoms with E-state index in [1.165, 1.54) is 0 Å². The molecule has 0 aromatic carbocycles. The molecule has 0 aliphatic carbocycles. The predicted octanol–water partition coefficient (Wildman–Crippen LogP) is 1.23. The molecule has 5 heteroatoms. The molecule has 0 fully saturated rings. The molecular formula is C16H18N4O. The van der Waals surface area contributed by atoms with Crippen LogP contribution in [0.3, 0.4) is 0 Å². The Morgan fingerprint density at radius 3 is 3.00 bits per heavy atom. The van der Waals surface area contributed by atoms with Gasteiger partial charge in [-0.1, -0.05) is 13.8 Å². The third-order valence-corrected chi connectivity index (χ3v) is 3.34. The molecule has 21 heavy (non-hydrogen) atoms. The number of aromatic nitrogens is 4. The Kier molecular flexibility index (Phi) is 3.48. The van der Waals surface area contributed by atoms with Gasteiger partial charge >= 0.3 is 0 Å². The van der Waals surface area contributed by atoms with E-state index in [1.54, 1.807) is 6.20 Å². The lowest BCUT2D eigenvalue weighted by Crippen LogP contribution is -2.22. The van der Waals surface area contributed by atoms with E-state index in [2.05, 4.69) is 33.8 Å². The van der Waals surface area contributed by atoms with E-state index in [1.807, 2.05) is 30.5 Å². The molecule has 0 saturated carbocycles. The lowest BCUT2D eigenvalue weighted by Gasteiger charge is -1.94. The molecule has 0 atom stereocenters. The van der Waals surface area contributed by atoms with Gasteiger partial charge in [0.05, 0.1) is 0 Å². The van der Waals surface area contributed by atoms with Crippen molar-refractivity contribution >= 4 is 23.2 Å². The van der Waals surface area contributed by atoms with Crippen molar-refractivity contribution in [1.82, 2.24) is 19.9 Å². The Hall–Kier alpha value is -2.56. The van der Waals surface area contributed by atoms with Gasteiger partial charge in [0.2, 0.25) is 0 Å². The monoisotopic (exact) mass is 282 g/mol. The molecule has 3 aromatic heterocycles. The quantitative estimate of drug-likeness (QED) is 0.676. The van der Waals surface area contributed by atoms with E-state index in [9.17, 15) is 4.79 Å². The Morgan fingerprint density at radius 2 is 2.19 bits per heavy atom. The fourth-order valence-corrected chi connectivity index (χ4v) is 2.23. The zero-order valence-electron chi connectivity index (χ0n) is 12.1. The van der Waals surface area contributed by atoms with Crippen molar-refractivity contribution < 1.29 is 0 Å².